The Hall–Kier alpha value is -0.450. The zero-order valence-corrected chi connectivity index (χ0v) is 15.9. The quantitative estimate of drug-likeness (QED) is 0.679. The first-order chi connectivity index (χ1) is 11.6. The second-order valence-electron chi connectivity index (χ2n) is 10.1. The van der Waals surface area contributed by atoms with E-state index in [-0.39, 0.29) is 23.2 Å². The Kier molecular flexibility index (Phi) is 3.97. The monoisotopic (exact) mass is 350 g/mol. The van der Waals surface area contributed by atoms with E-state index in [2.05, 4.69) is 6.92 Å². The molecule has 0 unspecified atom stereocenters. The van der Waals surface area contributed by atoms with Gasteiger partial charge in [-0.1, -0.05) is 13.8 Å². The van der Waals surface area contributed by atoms with Gasteiger partial charge in [0.25, 0.3) is 0 Å². The molecule has 142 valence electrons. The van der Waals surface area contributed by atoms with Crippen molar-refractivity contribution in [2.24, 2.45) is 34.5 Å². The van der Waals surface area contributed by atoms with Gasteiger partial charge in [0.2, 0.25) is 0 Å². The third-order valence-corrected chi connectivity index (χ3v) is 9.39. The number of aliphatic hydroxyl groups excluding tert-OH is 2. The molecule has 0 aromatic heterocycles. The molecule has 4 heteroatoms. The van der Waals surface area contributed by atoms with Crippen LogP contribution >= 0.6 is 0 Å². The second kappa shape index (κ2) is 5.53. The lowest BCUT2D eigenvalue weighted by atomic mass is 9.44. The average Bonchev–Trinajstić information content (AvgIpc) is 2.77. The summed E-state index contributed by atoms with van der Waals surface area (Å²) in [6.07, 6.45) is 6.49. The van der Waals surface area contributed by atoms with Crippen LogP contribution in [-0.2, 0) is 4.79 Å². The zero-order chi connectivity index (χ0) is 18.2. The minimum Gasteiger partial charge on any atom is -0.393 e. The lowest BCUT2D eigenvalue weighted by molar-refractivity contribution is -0.181. The highest BCUT2D eigenvalue weighted by atomic mass is 16.4. The standard InChI is InChI=1S/C21H34O4/c1-12(22)21(25)18(24)11-17-15-5-4-13-10-14(23)6-8-19(13,2)16(15)7-9-20(17,21)3/h13-18,23-25H,4-11H2,1-3H3/t13-,14-,15-,16-,17+,18+,19-,20-,21+/m0/s1. The van der Waals surface area contributed by atoms with Gasteiger partial charge < -0.3 is 15.3 Å². The van der Waals surface area contributed by atoms with Crippen molar-refractivity contribution in [3.63, 3.8) is 0 Å². The Balaban J connectivity index is 1.67. The summed E-state index contributed by atoms with van der Waals surface area (Å²) in [6, 6.07) is 0. The summed E-state index contributed by atoms with van der Waals surface area (Å²) in [5.74, 6) is 1.63. The van der Waals surface area contributed by atoms with Crippen molar-refractivity contribution in [2.75, 3.05) is 0 Å². The fraction of sp³-hybridized carbons (Fsp3) is 0.952. The number of fused-ring (bicyclic) bond motifs is 5. The van der Waals surface area contributed by atoms with Gasteiger partial charge in [0.1, 0.15) is 0 Å². The summed E-state index contributed by atoms with van der Waals surface area (Å²) in [4.78, 5) is 12.3. The molecule has 0 aromatic carbocycles. The van der Waals surface area contributed by atoms with Crippen LogP contribution < -0.4 is 0 Å². The summed E-state index contributed by atoms with van der Waals surface area (Å²) in [7, 11) is 0. The Morgan fingerprint density at radius 1 is 0.960 bits per heavy atom. The first-order valence-corrected chi connectivity index (χ1v) is 10.2. The molecule has 0 saturated heterocycles. The van der Waals surface area contributed by atoms with Gasteiger partial charge in [-0.05, 0) is 87.4 Å². The number of ketones is 1. The molecule has 0 aromatic rings. The van der Waals surface area contributed by atoms with E-state index in [0.29, 0.717) is 24.2 Å². The number of aliphatic hydroxyl groups is 3. The summed E-state index contributed by atoms with van der Waals surface area (Å²) in [6.45, 7) is 5.90. The Morgan fingerprint density at radius 3 is 2.36 bits per heavy atom. The Bertz CT molecular complexity index is 576. The van der Waals surface area contributed by atoms with Gasteiger partial charge in [-0.2, -0.15) is 0 Å². The maximum atomic E-state index is 12.3. The lowest BCUT2D eigenvalue weighted by Crippen LogP contribution is -2.60. The van der Waals surface area contributed by atoms with Crippen LogP contribution in [-0.4, -0.2) is 38.9 Å². The number of carbonyl (C=O) groups excluding carboxylic acids is 1. The number of carbonyl (C=O) groups is 1. The second-order valence-corrected chi connectivity index (χ2v) is 10.1. The maximum absolute atomic E-state index is 12.3. The van der Waals surface area contributed by atoms with Crippen LogP contribution in [0.2, 0.25) is 0 Å². The van der Waals surface area contributed by atoms with Gasteiger partial charge in [0, 0.05) is 5.41 Å². The first-order valence-electron chi connectivity index (χ1n) is 10.2. The van der Waals surface area contributed by atoms with Gasteiger partial charge >= 0.3 is 0 Å². The van der Waals surface area contributed by atoms with Crippen molar-refractivity contribution in [1.82, 2.24) is 0 Å². The number of hydrogen-bond donors (Lipinski definition) is 3. The maximum Gasteiger partial charge on any atom is 0.164 e. The molecule has 0 aliphatic heterocycles. The predicted molar refractivity (Wildman–Crippen MR) is 94.8 cm³/mol. The molecule has 0 heterocycles. The van der Waals surface area contributed by atoms with Crippen LogP contribution in [0.1, 0.15) is 72.1 Å². The van der Waals surface area contributed by atoms with E-state index in [1.165, 1.54) is 6.92 Å². The topological polar surface area (TPSA) is 77.8 Å². The molecule has 4 fully saturated rings. The molecule has 4 aliphatic rings. The smallest absolute Gasteiger partial charge is 0.164 e. The number of Topliss-reactive ketones (excluding diaryl/α,β-unsaturated/α-hetero) is 1. The van der Waals surface area contributed by atoms with Gasteiger partial charge in [-0.25, -0.2) is 0 Å². The number of hydrogen-bond acceptors (Lipinski definition) is 4. The summed E-state index contributed by atoms with van der Waals surface area (Å²) in [5, 5.41) is 31.9. The van der Waals surface area contributed by atoms with Crippen molar-refractivity contribution in [3.05, 3.63) is 0 Å². The van der Waals surface area contributed by atoms with Crippen molar-refractivity contribution in [3.8, 4) is 0 Å². The molecule has 25 heavy (non-hydrogen) atoms. The molecule has 0 radical (unpaired) electrons. The van der Waals surface area contributed by atoms with E-state index >= 15 is 0 Å². The molecule has 4 aliphatic carbocycles. The number of rotatable bonds is 1. The van der Waals surface area contributed by atoms with Crippen LogP contribution in [0.5, 0.6) is 0 Å². The van der Waals surface area contributed by atoms with E-state index in [1.54, 1.807) is 0 Å². The van der Waals surface area contributed by atoms with E-state index in [4.69, 9.17) is 0 Å². The van der Waals surface area contributed by atoms with Gasteiger partial charge in [0.15, 0.2) is 11.4 Å². The van der Waals surface area contributed by atoms with Gasteiger partial charge in [0.05, 0.1) is 12.2 Å². The predicted octanol–water partition coefficient (Wildman–Crippen LogP) is 2.68. The molecule has 4 rings (SSSR count). The Morgan fingerprint density at radius 2 is 1.68 bits per heavy atom. The van der Waals surface area contributed by atoms with Crippen LogP contribution in [0.15, 0.2) is 0 Å². The normalized spacial score (nSPS) is 58.2. The van der Waals surface area contributed by atoms with Crippen molar-refractivity contribution in [1.29, 1.82) is 0 Å². The van der Waals surface area contributed by atoms with E-state index < -0.39 is 17.1 Å². The molecular weight excluding hydrogens is 316 g/mol. The minimum absolute atomic E-state index is 0.139. The highest BCUT2D eigenvalue weighted by molar-refractivity contribution is 5.87. The van der Waals surface area contributed by atoms with Crippen LogP contribution in [0.3, 0.4) is 0 Å². The highest BCUT2D eigenvalue weighted by Gasteiger charge is 2.69. The third-order valence-electron chi connectivity index (χ3n) is 9.39. The molecule has 0 spiro atoms. The molecule has 3 N–H and O–H groups in total. The van der Waals surface area contributed by atoms with Crippen LogP contribution in [0, 0.1) is 34.5 Å². The molecule has 0 amide bonds. The van der Waals surface area contributed by atoms with Crippen molar-refractivity contribution >= 4 is 5.78 Å². The van der Waals surface area contributed by atoms with E-state index in [0.717, 1.165) is 44.9 Å². The summed E-state index contributed by atoms with van der Waals surface area (Å²) in [5.41, 5.74) is -1.81. The average molecular weight is 350 g/mol. The SMILES string of the molecule is CC(=O)[C@@]1(O)[C@H](O)C[C@@H]2[C@H]3CC[C@H]4C[C@@H](O)CC[C@]4(C)[C@H]3CC[C@@]21C. The van der Waals surface area contributed by atoms with Crippen LogP contribution in [0.25, 0.3) is 0 Å². The largest absolute Gasteiger partial charge is 0.393 e. The Labute approximate surface area is 151 Å². The van der Waals surface area contributed by atoms with Gasteiger partial charge in [-0.3, -0.25) is 4.79 Å². The third kappa shape index (κ3) is 2.14. The summed E-state index contributed by atoms with van der Waals surface area (Å²) < 4.78 is 0. The lowest BCUT2D eigenvalue weighted by Gasteiger charge is -2.61. The van der Waals surface area contributed by atoms with Crippen LogP contribution in [0.4, 0.5) is 0 Å². The minimum atomic E-state index is -1.58. The van der Waals surface area contributed by atoms with E-state index in [1.807, 2.05) is 6.92 Å². The first kappa shape index (κ1) is 17.9. The van der Waals surface area contributed by atoms with Crippen molar-refractivity contribution < 1.29 is 20.1 Å². The van der Waals surface area contributed by atoms with Gasteiger partial charge in [-0.15, -0.1) is 0 Å². The van der Waals surface area contributed by atoms with E-state index in [9.17, 15) is 20.1 Å². The highest BCUT2D eigenvalue weighted by Crippen LogP contribution is 2.68. The molecule has 0 bridgehead atoms. The molecule has 4 saturated carbocycles. The fourth-order valence-corrected chi connectivity index (χ4v) is 7.89. The molecule has 9 atom stereocenters. The molecule has 4 nitrogen and oxygen atoms in total. The summed E-state index contributed by atoms with van der Waals surface area (Å²) >= 11 is 0. The fourth-order valence-electron chi connectivity index (χ4n) is 7.89. The zero-order valence-electron chi connectivity index (χ0n) is 15.9. The molecular formula is C21H34O4. The van der Waals surface area contributed by atoms with Crippen molar-refractivity contribution in [2.45, 2.75) is 89.9 Å².